The Labute approximate surface area is 136 Å². The molecule has 3 aromatic rings. The van der Waals surface area contributed by atoms with Crippen LogP contribution < -0.4 is 0 Å². The molecule has 1 N–H and O–H groups in total. The molecule has 0 saturated carbocycles. The summed E-state index contributed by atoms with van der Waals surface area (Å²) in [6, 6.07) is 7.71. The number of nitrogens with zero attached hydrogens (tertiary/aromatic N) is 2. The van der Waals surface area contributed by atoms with Gasteiger partial charge >= 0.3 is 0 Å². The van der Waals surface area contributed by atoms with E-state index in [1.165, 1.54) is 0 Å². The third kappa shape index (κ3) is 2.99. The fourth-order valence-corrected chi connectivity index (χ4v) is 3.42. The van der Waals surface area contributed by atoms with Gasteiger partial charge in [0.25, 0.3) is 0 Å². The van der Waals surface area contributed by atoms with E-state index in [1.807, 2.05) is 31.2 Å². The zero-order valence-corrected chi connectivity index (χ0v) is 14.2. The lowest BCUT2D eigenvalue weighted by molar-refractivity contribution is 0.614. The van der Waals surface area contributed by atoms with Gasteiger partial charge in [0.2, 0.25) is 0 Å². The van der Waals surface area contributed by atoms with Crippen LogP contribution in [0.25, 0.3) is 22.2 Å². The molecule has 5 nitrogen and oxygen atoms in total. The van der Waals surface area contributed by atoms with E-state index >= 15 is 0 Å². The summed E-state index contributed by atoms with van der Waals surface area (Å²) in [4.78, 5) is 4.54. The number of benzene rings is 1. The predicted molar refractivity (Wildman–Crippen MR) is 92.2 cm³/mol. The standard InChI is InChI=1S/C17H19N3O2S/c1-10(2)16-15-14(19-20-16)6-7-18-17(15)12-4-5-13(9-23(21)22)11(3)8-12/h4-8,10,23H,9H2,1-3H3,(H,19,20). The summed E-state index contributed by atoms with van der Waals surface area (Å²) >= 11 is 0. The van der Waals surface area contributed by atoms with Crippen molar-refractivity contribution in [2.45, 2.75) is 32.4 Å². The van der Waals surface area contributed by atoms with E-state index < -0.39 is 10.7 Å². The monoisotopic (exact) mass is 329 g/mol. The average Bonchev–Trinajstić information content (AvgIpc) is 2.93. The van der Waals surface area contributed by atoms with Crippen LogP contribution in [0.15, 0.2) is 30.5 Å². The minimum absolute atomic E-state index is 0.0715. The maximum atomic E-state index is 10.9. The van der Waals surface area contributed by atoms with Crippen LogP contribution in [0.1, 0.15) is 36.6 Å². The quantitative estimate of drug-likeness (QED) is 0.721. The van der Waals surface area contributed by atoms with Gasteiger partial charge in [-0.15, -0.1) is 0 Å². The molecular formula is C17H19N3O2S. The van der Waals surface area contributed by atoms with E-state index in [1.54, 1.807) is 6.20 Å². The van der Waals surface area contributed by atoms with Crippen molar-refractivity contribution in [1.29, 1.82) is 0 Å². The lowest BCUT2D eigenvalue weighted by atomic mass is 9.98. The second-order valence-corrected chi connectivity index (χ2v) is 6.96. The molecule has 0 aliphatic heterocycles. The number of rotatable bonds is 4. The van der Waals surface area contributed by atoms with Gasteiger partial charge in [0.05, 0.1) is 22.7 Å². The molecule has 0 spiro atoms. The van der Waals surface area contributed by atoms with Crippen LogP contribution in [0.4, 0.5) is 0 Å². The molecule has 0 amide bonds. The fraction of sp³-hybridized carbons (Fsp3) is 0.294. The Hall–Kier alpha value is -2.21. The fourth-order valence-electron chi connectivity index (χ4n) is 2.79. The first-order chi connectivity index (χ1) is 11.0. The first-order valence-corrected chi connectivity index (χ1v) is 8.88. The summed E-state index contributed by atoms with van der Waals surface area (Å²) in [5, 5.41) is 8.51. The molecule has 0 saturated heterocycles. The zero-order chi connectivity index (χ0) is 16.6. The molecule has 3 rings (SSSR count). The number of hydrogen-bond donors (Lipinski definition) is 2. The van der Waals surface area contributed by atoms with Gasteiger partial charge in [0.15, 0.2) is 0 Å². The second-order valence-electron chi connectivity index (χ2n) is 5.98. The topological polar surface area (TPSA) is 75.7 Å². The van der Waals surface area contributed by atoms with Crippen molar-refractivity contribution < 1.29 is 8.42 Å². The van der Waals surface area contributed by atoms with Crippen LogP contribution in [0, 0.1) is 6.92 Å². The Kier molecular flexibility index (Phi) is 4.17. The van der Waals surface area contributed by atoms with Crippen molar-refractivity contribution in [2.24, 2.45) is 0 Å². The Morgan fingerprint density at radius 1 is 1.22 bits per heavy atom. The van der Waals surface area contributed by atoms with Crippen molar-refractivity contribution in [3.8, 4) is 11.3 Å². The molecule has 0 atom stereocenters. The highest BCUT2D eigenvalue weighted by molar-refractivity contribution is 7.71. The first-order valence-electron chi connectivity index (χ1n) is 7.52. The number of pyridine rings is 1. The zero-order valence-electron chi connectivity index (χ0n) is 13.3. The molecule has 0 aliphatic rings. The van der Waals surface area contributed by atoms with E-state index in [4.69, 9.17) is 0 Å². The average molecular weight is 329 g/mol. The van der Waals surface area contributed by atoms with Crippen LogP contribution in [-0.2, 0) is 16.5 Å². The molecular weight excluding hydrogens is 310 g/mol. The number of H-pyrrole nitrogens is 1. The summed E-state index contributed by atoms with van der Waals surface area (Å²) in [6.07, 6.45) is 1.76. The molecule has 1 aromatic carbocycles. The number of aromatic nitrogens is 3. The first kappa shape index (κ1) is 15.7. The third-order valence-corrected chi connectivity index (χ3v) is 4.57. The molecule has 2 aromatic heterocycles. The number of nitrogens with one attached hydrogen (secondary N) is 1. The van der Waals surface area contributed by atoms with Gasteiger partial charge in [-0.25, -0.2) is 8.42 Å². The van der Waals surface area contributed by atoms with E-state index in [0.29, 0.717) is 0 Å². The van der Waals surface area contributed by atoms with Crippen molar-refractivity contribution in [1.82, 2.24) is 15.2 Å². The van der Waals surface area contributed by atoms with Crippen LogP contribution in [0.2, 0.25) is 0 Å². The smallest absolute Gasteiger partial charge is 0.144 e. The molecule has 0 unspecified atom stereocenters. The molecule has 120 valence electrons. The highest BCUT2D eigenvalue weighted by Crippen LogP contribution is 2.32. The predicted octanol–water partition coefficient (Wildman–Crippen LogP) is 3.17. The van der Waals surface area contributed by atoms with Crippen molar-refractivity contribution >= 4 is 21.6 Å². The van der Waals surface area contributed by atoms with Gasteiger partial charge in [-0.1, -0.05) is 26.0 Å². The van der Waals surface area contributed by atoms with Crippen molar-refractivity contribution in [2.75, 3.05) is 0 Å². The number of thiol groups is 1. The summed E-state index contributed by atoms with van der Waals surface area (Å²) in [6.45, 7) is 6.13. The Morgan fingerprint density at radius 2 is 2.00 bits per heavy atom. The molecule has 0 radical (unpaired) electrons. The van der Waals surface area contributed by atoms with Crippen molar-refractivity contribution in [3.05, 3.63) is 47.3 Å². The summed E-state index contributed by atoms with van der Waals surface area (Å²) in [7, 11) is -2.42. The minimum atomic E-state index is -2.42. The number of aromatic amines is 1. The van der Waals surface area contributed by atoms with Gasteiger partial charge in [0, 0.05) is 17.1 Å². The van der Waals surface area contributed by atoms with Crippen LogP contribution >= 0.6 is 0 Å². The van der Waals surface area contributed by atoms with Gasteiger partial charge in [-0.05, 0) is 36.1 Å². The van der Waals surface area contributed by atoms with Crippen LogP contribution in [0.5, 0.6) is 0 Å². The van der Waals surface area contributed by atoms with E-state index in [2.05, 4.69) is 29.0 Å². The lowest BCUT2D eigenvalue weighted by Gasteiger charge is -2.09. The largest absolute Gasteiger partial charge is 0.277 e. The SMILES string of the molecule is Cc1cc(-c2nccc3[nH]nc(C(C)C)c23)ccc1C[SH](=O)=O. The van der Waals surface area contributed by atoms with E-state index in [9.17, 15) is 8.42 Å². The summed E-state index contributed by atoms with van der Waals surface area (Å²) < 4.78 is 21.9. The number of fused-ring (bicyclic) bond motifs is 1. The number of hydrogen-bond acceptors (Lipinski definition) is 4. The molecule has 6 heteroatoms. The van der Waals surface area contributed by atoms with Gasteiger partial charge < -0.3 is 0 Å². The summed E-state index contributed by atoms with van der Waals surface area (Å²) in [5.74, 6) is 0.360. The Morgan fingerprint density at radius 3 is 2.65 bits per heavy atom. The highest BCUT2D eigenvalue weighted by Gasteiger charge is 2.16. The maximum Gasteiger partial charge on any atom is 0.144 e. The van der Waals surface area contributed by atoms with Gasteiger partial charge in [0.1, 0.15) is 10.7 Å². The van der Waals surface area contributed by atoms with Gasteiger partial charge in [-0.3, -0.25) is 10.1 Å². The highest BCUT2D eigenvalue weighted by atomic mass is 32.2. The lowest BCUT2D eigenvalue weighted by Crippen LogP contribution is -1.94. The van der Waals surface area contributed by atoms with E-state index in [0.717, 1.165) is 39.0 Å². The molecule has 0 fully saturated rings. The minimum Gasteiger partial charge on any atom is -0.277 e. The number of aryl methyl sites for hydroxylation is 1. The third-order valence-electron chi connectivity index (χ3n) is 3.97. The van der Waals surface area contributed by atoms with Crippen LogP contribution in [-0.4, -0.2) is 23.6 Å². The maximum absolute atomic E-state index is 10.9. The summed E-state index contributed by atoms with van der Waals surface area (Å²) in [5.41, 5.74) is 5.58. The Bertz CT molecular complexity index is 934. The Balaban J connectivity index is 2.17. The van der Waals surface area contributed by atoms with Gasteiger partial charge in [-0.2, -0.15) is 5.10 Å². The molecule has 0 aliphatic carbocycles. The van der Waals surface area contributed by atoms with Crippen molar-refractivity contribution in [3.63, 3.8) is 0 Å². The molecule has 23 heavy (non-hydrogen) atoms. The normalized spacial score (nSPS) is 11.7. The molecule has 0 bridgehead atoms. The molecule has 2 heterocycles. The van der Waals surface area contributed by atoms with E-state index in [-0.39, 0.29) is 11.7 Å². The second kappa shape index (κ2) is 6.12. The van der Waals surface area contributed by atoms with Crippen LogP contribution in [0.3, 0.4) is 0 Å².